The van der Waals surface area contributed by atoms with Crippen LogP contribution in [0.25, 0.3) is 38.8 Å². The molecule has 1 aliphatic carbocycles. The molecule has 0 atom stereocenters. The summed E-state index contributed by atoms with van der Waals surface area (Å²) in [6.07, 6.45) is 7.83. The van der Waals surface area contributed by atoms with E-state index in [9.17, 15) is 10.1 Å². The Morgan fingerprint density at radius 2 is 1.97 bits per heavy atom. The molecule has 35 heavy (non-hydrogen) atoms. The summed E-state index contributed by atoms with van der Waals surface area (Å²) in [5, 5.41) is 20.0. The maximum absolute atomic E-state index is 14.0. The van der Waals surface area contributed by atoms with Crippen LogP contribution in [0.3, 0.4) is 0 Å². The van der Waals surface area contributed by atoms with E-state index in [4.69, 9.17) is 5.10 Å². The minimum atomic E-state index is -0.241. The Bertz CT molecular complexity index is 1690. The lowest BCUT2D eigenvalue weighted by atomic mass is 10.1. The van der Waals surface area contributed by atoms with Crippen LogP contribution in [-0.2, 0) is 13.6 Å². The van der Waals surface area contributed by atoms with Crippen molar-refractivity contribution in [3.05, 3.63) is 70.5 Å². The Morgan fingerprint density at radius 1 is 1.14 bits per heavy atom. The van der Waals surface area contributed by atoms with Crippen molar-refractivity contribution in [3.63, 3.8) is 0 Å². The lowest BCUT2D eigenvalue weighted by molar-refractivity contribution is 0.535. The molecule has 1 saturated carbocycles. The van der Waals surface area contributed by atoms with E-state index in [1.807, 2.05) is 48.1 Å². The van der Waals surface area contributed by atoms with Crippen LogP contribution < -0.4 is 5.56 Å². The van der Waals surface area contributed by atoms with E-state index < -0.39 is 0 Å². The molecule has 0 spiro atoms. The summed E-state index contributed by atoms with van der Waals surface area (Å²) in [6, 6.07) is 11.9. The molecule has 4 heterocycles. The lowest BCUT2D eigenvalue weighted by Crippen LogP contribution is -2.24. The van der Waals surface area contributed by atoms with Crippen LogP contribution in [0.1, 0.15) is 43.9 Å². The number of hydrogen-bond acceptors (Lipinski definition) is 5. The molecular formula is C27H25N7O. The zero-order valence-electron chi connectivity index (χ0n) is 19.9. The summed E-state index contributed by atoms with van der Waals surface area (Å²) in [5.41, 5.74) is 5.17. The van der Waals surface area contributed by atoms with E-state index in [-0.39, 0.29) is 5.56 Å². The van der Waals surface area contributed by atoms with Gasteiger partial charge >= 0.3 is 0 Å². The van der Waals surface area contributed by atoms with Gasteiger partial charge in [-0.15, -0.1) is 0 Å². The summed E-state index contributed by atoms with van der Waals surface area (Å²) in [6.45, 7) is 4.90. The molecular weight excluding hydrogens is 438 g/mol. The quantitative estimate of drug-likeness (QED) is 0.381. The highest BCUT2D eigenvalue weighted by atomic mass is 16.1. The standard InChI is InChI=1S/C27H25N7O/c1-16(2)13-33-15-20(11-28)25-26(33)24(18-6-8-22(29-12-18)17-4-5-17)27(35)34(31-25)21-7-9-23-19(10-21)14-32(3)30-23/h6-10,12,14-17H,4-5,13H2,1-3H3. The van der Waals surface area contributed by atoms with Gasteiger partial charge in [0.2, 0.25) is 0 Å². The molecule has 5 aromatic rings. The first-order valence-corrected chi connectivity index (χ1v) is 11.9. The van der Waals surface area contributed by atoms with Crippen molar-refractivity contribution in [1.82, 2.24) is 29.1 Å². The van der Waals surface area contributed by atoms with E-state index >= 15 is 0 Å². The van der Waals surface area contributed by atoms with Crippen LogP contribution in [0.15, 0.2) is 53.7 Å². The molecule has 1 fully saturated rings. The first-order valence-electron chi connectivity index (χ1n) is 11.9. The van der Waals surface area contributed by atoms with Crippen molar-refractivity contribution >= 4 is 21.9 Å². The van der Waals surface area contributed by atoms with Crippen molar-refractivity contribution in [2.45, 2.75) is 39.2 Å². The second kappa shape index (κ2) is 7.91. The number of benzene rings is 1. The largest absolute Gasteiger partial charge is 0.344 e. The molecule has 8 heteroatoms. The number of aromatic nitrogens is 6. The zero-order valence-corrected chi connectivity index (χ0v) is 19.9. The molecule has 0 radical (unpaired) electrons. The van der Waals surface area contributed by atoms with Gasteiger partial charge in [-0.1, -0.05) is 19.9 Å². The highest BCUT2D eigenvalue weighted by Crippen LogP contribution is 2.39. The van der Waals surface area contributed by atoms with E-state index in [0.717, 1.165) is 35.0 Å². The second-order valence-electron chi connectivity index (χ2n) is 9.78. The second-order valence-corrected chi connectivity index (χ2v) is 9.78. The molecule has 1 aromatic carbocycles. The number of pyridine rings is 1. The minimum Gasteiger partial charge on any atom is -0.344 e. The molecule has 6 rings (SSSR count). The third-order valence-corrected chi connectivity index (χ3v) is 6.49. The molecule has 174 valence electrons. The summed E-state index contributed by atoms with van der Waals surface area (Å²) in [4.78, 5) is 18.7. The number of nitrogens with zero attached hydrogens (tertiary/aromatic N) is 7. The van der Waals surface area contributed by atoms with Crippen LogP contribution in [0.2, 0.25) is 0 Å². The Labute approximate surface area is 202 Å². The van der Waals surface area contributed by atoms with E-state index in [0.29, 0.717) is 46.2 Å². The van der Waals surface area contributed by atoms with Crippen LogP contribution in [0.4, 0.5) is 0 Å². The summed E-state index contributed by atoms with van der Waals surface area (Å²) < 4.78 is 5.14. The van der Waals surface area contributed by atoms with Gasteiger partial charge < -0.3 is 4.57 Å². The molecule has 1 aliphatic rings. The first kappa shape index (κ1) is 21.3. The summed E-state index contributed by atoms with van der Waals surface area (Å²) >= 11 is 0. The first-order chi connectivity index (χ1) is 16.9. The Hall–Kier alpha value is -4.25. The number of hydrogen-bond donors (Lipinski definition) is 0. The molecule has 0 unspecified atom stereocenters. The monoisotopic (exact) mass is 463 g/mol. The SMILES string of the molecule is CC(C)Cn1cc(C#N)c2nn(-c3ccc4nn(C)cc4c3)c(=O)c(-c3ccc(C4CC4)nc3)c21. The Balaban J connectivity index is 1.65. The molecule has 8 nitrogen and oxygen atoms in total. The summed E-state index contributed by atoms with van der Waals surface area (Å²) in [7, 11) is 1.86. The van der Waals surface area contributed by atoms with Crippen LogP contribution >= 0.6 is 0 Å². The maximum atomic E-state index is 14.0. The van der Waals surface area contributed by atoms with E-state index in [1.165, 1.54) is 4.68 Å². The number of rotatable bonds is 5. The van der Waals surface area contributed by atoms with Gasteiger partial charge in [-0.05, 0) is 43.0 Å². The fourth-order valence-electron chi connectivity index (χ4n) is 4.76. The maximum Gasteiger partial charge on any atom is 0.281 e. The van der Waals surface area contributed by atoms with Crippen LogP contribution in [-0.4, -0.2) is 29.1 Å². The minimum absolute atomic E-state index is 0.241. The van der Waals surface area contributed by atoms with Gasteiger partial charge in [-0.2, -0.15) is 20.1 Å². The topological polar surface area (TPSA) is 94.3 Å². The zero-order chi connectivity index (χ0) is 24.3. The number of fused-ring (bicyclic) bond motifs is 2. The number of nitriles is 1. The van der Waals surface area contributed by atoms with Crippen molar-refractivity contribution in [1.29, 1.82) is 5.26 Å². The molecule has 0 saturated heterocycles. The van der Waals surface area contributed by atoms with Crippen molar-refractivity contribution < 1.29 is 0 Å². The number of aryl methyl sites for hydroxylation is 1. The lowest BCUT2D eigenvalue weighted by Gasteiger charge is -2.14. The third-order valence-electron chi connectivity index (χ3n) is 6.49. The van der Waals surface area contributed by atoms with Crippen molar-refractivity contribution in [2.24, 2.45) is 13.0 Å². The molecule has 0 N–H and O–H groups in total. The van der Waals surface area contributed by atoms with Crippen molar-refractivity contribution in [3.8, 4) is 22.9 Å². The van der Waals surface area contributed by atoms with Crippen LogP contribution in [0, 0.1) is 17.2 Å². The van der Waals surface area contributed by atoms with Gasteiger partial charge in [0.15, 0.2) is 0 Å². The van der Waals surface area contributed by atoms with Crippen LogP contribution in [0.5, 0.6) is 0 Å². The Morgan fingerprint density at radius 3 is 2.66 bits per heavy atom. The molecule has 0 bridgehead atoms. The average Bonchev–Trinajstić information content (AvgIpc) is 3.54. The molecule has 4 aromatic heterocycles. The third kappa shape index (κ3) is 3.60. The average molecular weight is 464 g/mol. The van der Waals surface area contributed by atoms with E-state index in [1.54, 1.807) is 17.1 Å². The smallest absolute Gasteiger partial charge is 0.281 e. The van der Waals surface area contributed by atoms with Gasteiger partial charge in [0.1, 0.15) is 11.6 Å². The summed E-state index contributed by atoms with van der Waals surface area (Å²) in [5.74, 6) is 0.857. The van der Waals surface area contributed by atoms with Gasteiger partial charge in [0.05, 0.1) is 27.8 Å². The predicted octanol–water partition coefficient (Wildman–Crippen LogP) is 4.54. The van der Waals surface area contributed by atoms with Gasteiger partial charge in [-0.25, -0.2) is 0 Å². The van der Waals surface area contributed by atoms with Gasteiger partial charge in [0.25, 0.3) is 5.56 Å². The fraction of sp³-hybridized carbons (Fsp3) is 0.296. The highest BCUT2D eigenvalue weighted by Gasteiger charge is 2.26. The molecule has 0 aliphatic heterocycles. The van der Waals surface area contributed by atoms with E-state index in [2.05, 4.69) is 30.0 Å². The van der Waals surface area contributed by atoms with Gasteiger partial charge in [-0.3, -0.25) is 14.5 Å². The predicted molar refractivity (Wildman–Crippen MR) is 134 cm³/mol. The molecule has 0 amide bonds. The Kier molecular flexibility index (Phi) is 4.81. The van der Waals surface area contributed by atoms with Crippen molar-refractivity contribution in [2.75, 3.05) is 0 Å². The normalized spacial score (nSPS) is 13.7. The highest BCUT2D eigenvalue weighted by molar-refractivity contribution is 5.95. The van der Waals surface area contributed by atoms with Gasteiger partial charge in [0, 0.05) is 54.7 Å². The fourth-order valence-corrected chi connectivity index (χ4v) is 4.76.